The van der Waals surface area contributed by atoms with Gasteiger partial charge in [-0.3, -0.25) is 4.68 Å². The van der Waals surface area contributed by atoms with Gasteiger partial charge in [0.05, 0.1) is 17.4 Å². The lowest BCUT2D eigenvalue weighted by Gasteiger charge is -2.57. The van der Waals surface area contributed by atoms with E-state index in [1.807, 2.05) is 10.9 Å². The fraction of sp³-hybridized carbons (Fsp3) is 0.862. The third-order valence-corrected chi connectivity index (χ3v) is 10.9. The minimum Gasteiger partial charge on any atom is -0.390 e. The van der Waals surface area contributed by atoms with Gasteiger partial charge in [0.1, 0.15) is 6.07 Å². The van der Waals surface area contributed by atoms with E-state index < -0.39 is 5.60 Å². The second kappa shape index (κ2) is 8.71. The zero-order valence-electron chi connectivity index (χ0n) is 21.3. The lowest BCUT2D eigenvalue weighted by molar-refractivity contribution is -0.113. The van der Waals surface area contributed by atoms with Crippen LogP contribution in [-0.2, 0) is 6.54 Å². The Bertz CT molecular complexity index is 886. The summed E-state index contributed by atoms with van der Waals surface area (Å²) in [5.41, 5.74) is 0.741. The fourth-order valence-electron chi connectivity index (χ4n) is 9.83. The van der Waals surface area contributed by atoms with Crippen molar-refractivity contribution in [2.45, 2.75) is 104 Å². The Morgan fingerprint density at radius 1 is 1.09 bits per heavy atom. The van der Waals surface area contributed by atoms with Gasteiger partial charge in [0.2, 0.25) is 0 Å². The van der Waals surface area contributed by atoms with Crippen LogP contribution in [0.25, 0.3) is 0 Å². The highest BCUT2D eigenvalue weighted by Gasteiger charge is 2.58. The van der Waals surface area contributed by atoms with Crippen molar-refractivity contribution >= 4 is 0 Å². The largest absolute Gasteiger partial charge is 0.390 e. The van der Waals surface area contributed by atoms with Crippen LogP contribution in [0.2, 0.25) is 0 Å². The molecule has 9 atom stereocenters. The van der Waals surface area contributed by atoms with Crippen molar-refractivity contribution in [1.29, 1.82) is 5.26 Å². The van der Waals surface area contributed by atoms with Gasteiger partial charge in [-0.2, -0.15) is 10.4 Å². The molecule has 4 aliphatic carbocycles. The Kier molecular flexibility index (Phi) is 6.17. The van der Waals surface area contributed by atoms with Crippen molar-refractivity contribution in [1.82, 2.24) is 9.78 Å². The first kappa shape index (κ1) is 23.4. The van der Waals surface area contributed by atoms with E-state index in [9.17, 15) is 5.11 Å². The fourth-order valence-corrected chi connectivity index (χ4v) is 9.83. The summed E-state index contributed by atoms with van der Waals surface area (Å²) >= 11 is 0. The maximum absolute atomic E-state index is 11.3. The zero-order valence-corrected chi connectivity index (χ0v) is 21.3. The molecule has 182 valence electrons. The smallest absolute Gasteiger partial charge is 0.102 e. The molecule has 4 heteroatoms. The molecule has 5 rings (SSSR count). The number of aromatic nitrogens is 2. The Morgan fingerprint density at radius 3 is 2.61 bits per heavy atom. The second-order valence-electron chi connectivity index (χ2n) is 13.3. The molecule has 33 heavy (non-hydrogen) atoms. The summed E-state index contributed by atoms with van der Waals surface area (Å²) in [6.45, 7) is 10.5. The maximum Gasteiger partial charge on any atom is 0.102 e. The van der Waals surface area contributed by atoms with E-state index in [4.69, 9.17) is 5.26 Å². The number of nitriles is 1. The molecule has 0 bridgehead atoms. The van der Waals surface area contributed by atoms with Crippen molar-refractivity contribution in [2.24, 2.45) is 52.8 Å². The van der Waals surface area contributed by atoms with E-state index in [0.717, 1.165) is 61.3 Å². The van der Waals surface area contributed by atoms with Crippen molar-refractivity contribution in [3.8, 4) is 6.07 Å². The minimum absolute atomic E-state index is 0.392. The number of fused-ring (bicyclic) bond motifs is 5. The molecule has 4 saturated carbocycles. The van der Waals surface area contributed by atoms with E-state index in [1.165, 1.54) is 44.9 Å². The Balaban J connectivity index is 1.26. The number of hydrogen-bond donors (Lipinski definition) is 1. The first-order valence-electron chi connectivity index (χ1n) is 13.9. The topological polar surface area (TPSA) is 61.8 Å². The van der Waals surface area contributed by atoms with Crippen LogP contribution in [0, 0.1) is 64.1 Å². The van der Waals surface area contributed by atoms with Crippen LogP contribution in [0.15, 0.2) is 12.4 Å². The lowest BCUT2D eigenvalue weighted by Crippen LogP contribution is -2.51. The molecule has 0 aromatic carbocycles. The van der Waals surface area contributed by atoms with Crippen LogP contribution in [0.5, 0.6) is 0 Å². The number of nitrogens with zero attached hydrogens (tertiary/aromatic N) is 3. The summed E-state index contributed by atoms with van der Waals surface area (Å²) in [7, 11) is 0. The predicted molar refractivity (Wildman–Crippen MR) is 131 cm³/mol. The SMILES string of the molecule is CC(C)C[C@@]1(O)CC[C@H]2[C@H](CC[C@@H]3[C@@H]2CC[C@]2(C)C([C@@H](C)Cn4cc(C#N)cn4)CC[C@@H]32)C1. The maximum atomic E-state index is 11.3. The van der Waals surface area contributed by atoms with Gasteiger partial charge < -0.3 is 5.11 Å². The summed E-state index contributed by atoms with van der Waals surface area (Å²) in [6.07, 6.45) is 16.3. The molecule has 0 spiro atoms. The van der Waals surface area contributed by atoms with Gasteiger partial charge in [0.15, 0.2) is 0 Å². The lowest BCUT2D eigenvalue weighted by atomic mass is 9.48. The van der Waals surface area contributed by atoms with E-state index >= 15 is 0 Å². The Hall–Kier alpha value is -1.34. The molecule has 4 nitrogen and oxygen atoms in total. The van der Waals surface area contributed by atoms with Crippen LogP contribution < -0.4 is 0 Å². The van der Waals surface area contributed by atoms with Crippen LogP contribution >= 0.6 is 0 Å². The zero-order chi connectivity index (χ0) is 23.4. The highest BCUT2D eigenvalue weighted by Crippen LogP contribution is 2.65. The molecule has 0 amide bonds. The van der Waals surface area contributed by atoms with Crippen molar-refractivity contribution in [3.05, 3.63) is 18.0 Å². The number of aliphatic hydroxyl groups is 1. The normalized spacial score (nSPS) is 43.4. The monoisotopic (exact) mass is 451 g/mol. The molecular formula is C29H45N3O. The minimum atomic E-state index is -0.392. The van der Waals surface area contributed by atoms with E-state index in [2.05, 4.69) is 38.9 Å². The molecule has 1 heterocycles. The van der Waals surface area contributed by atoms with Crippen LogP contribution in [-0.4, -0.2) is 20.5 Å². The molecule has 1 N–H and O–H groups in total. The summed E-state index contributed by atoms with van der Waals surface area (Å²) in [5.74, 6) is 6.28. The molecule has 0 radical (unpaired) electrons. The Labute approximate surface area is 201 Å². The molecule has 1 unspecified atom stereocenters. The summed E-state index contributed by atoms with van der Waals surface area (Å²) in [6, 6.07) is 2.21. The molecule has 0 aliphatic heterocycles. The Morgan fingerprint density at radius 2 is 1.88 bits per heavy atom. The van der Waals surface area contributed by atoms with Gasteiger partial charge in [0.25, 0.3) is 0 Å². The van der Waals surface area contributed by atoms with E-state index in [-0.39, 0.29) is 0 Å². The van der Waals surface area contributed by atoms with Crippen molar-refractivity contribution in [2.75, 3.05) is 0 Å². The third kappa shape index (κ3) is 4.18. The van der Waals surface area contributed by atoms with Gasteiger partial charge in [-0.05, 0) is 117 Å². The van der Waals surface area contributed by atoms with Crippen LogP contribution in [0.1, 0.15) is 97.5 Å². The average Bonchev–Trinajstić information content (AvgIpc) is 3.35. The van der Waals surface area contributed by atoms with E-state index in [0.29, 0.717) is 22.8 Å². The highest BCUT2D eigenvalue weighted by atomic mass is 16.3. The third-order valence-electron chi connectivity index (χ3n) is 10.9. The van der Waals surface area contributed by atoms with Gasteiger partial charge in [0, 0.05) is 12.7 Å². The number of rotatable bonds is 5. The van der Waals surface area contributed by atoms with Crippen molar-refractivity contribution in [3.63, 3.8) is 0 Å². The molecule has 0 saturated heterocycles. The standard InChI is InChI=1S/C29H45N3O/c1-19(2)13-29(33)12-10-23-22(14-29)5-6-25-24(23)9-11-28(4)26(7-8-27(25)28)20(3)17-32-18-21(15-30)16-31-32/h16,18-20,22-27,33H,5-14,17H2,1-4H3/t20-,22+,23-,24+,25+,26?,27-,28+,29-/m0/s1. The summed E-state index contributed by atoms with van der Waals surface area (Å²) in [4.78, 5) is 0. The van der Waals surface area contributed by atoms with Gasteiger partial charge in [-0.25, -0.2) is 0 Å². The molecule has 4 aliphatic rings. The predicted octanol–water partition coefficient (Wildman–Crippen LogP) is 6.44. The average molecular weight is 452 g/mol. The first-order chi connectivity index (χ1) is 15.7. The number of hydrogen-bond acceptors (Lipinski definition) is 3. The van der Waals surface area contributed by atoms with Crippen LogP contribution in [0.4, 0.5) is 0 Å². The van der Waals surface area contributed by atoms with E-state index in [1.54, 1.807) is 6.20 Å². The molecule has 1 aromatic rings. The molecular weight excluding hydrogens is 406 g/mol. The summed E-state index contributed by atoms with van der Waals surface area (Å²) < 4.78 is 2.00. The van der Waals surface area contributed by atoms with Crippen molar-refractivity contribution < 1.29 is 5.11 Å². The second-order valence-corrected chi connectivity index (χ2v) is 13.3. The van der Waals surface area contributed by atoms with Gasteiger partial charge in [-0.1, -0.05) is 27.7 Å². The van der Waals surface area contributed by atoms with Crippen LogP contribution in [0.3, 0.4) is 0 Å². The summed E-state index contributed by atoms with van der Waals surface area (Å²) in [5, 5.41) is 24.9. The first-order valence-corrected chi connectivity index (χ1v) is 13.9. The molecule has 4 fully saturated rings. The quantitative estimate of drug-likeness (QED) is 0.560. The highest BCUT2D eigenvalue weighted by molar-refractivity contribution is 5.21. The molecule has 1 aromatic heterocycles. The van der Waals surface area contributed by atoms with Gasteiger partial charge in [-0.15, -0.1) is 0 Å². The van der Waals surface area contributed by atoms with Gasteiger partial charge >= 0.3 is 0 Å².